The molecule has 1 saturated heterocycles. The highest BCUT2D eigenvalue weighted by Crippen LogP contribution is 2.23. The molecule has 1 fully saturated rings. The zero-order chi connectivity index (χ0) is 16.2. The van der Waals surface area contributed by atoms with Crippen molar-refractivity contribution in [1.82, 2.24) is 20.4 Å². The van der Waals surface area contributed by atoms with Crippen LogP contribution in [0.25, 0.3) is 11.5 Å². The molecule has 6 nitrogen and oxygen atoms in total. The average Bonchev–Trinajstić information content (AvgIpc) is 3.11. The maximum Gasteiger partial charge on any atom is 0.152 e. The largest absolute Gasteiger partial charge is 0.460 e. The minimum absolute atomic E-state index is 0.321. The number of ether oxygens (including phenoxy) is 1. The van der Waals surface area contributed by atoms with Gasteiger partial charge in [0.15, 0.2) is 5.76 Å². The van der Waals surface area contributed by atoms with Gasteiger partial charge in [0.2, 0.25) is 0 Å². The smallest absolute Gasteiger partial charge is 0.152 e. The van der Waals surface area contributed by atoms with Crippen LogP contribution in [0.1, 0.15) is 25.2 Å². The highest BCUT2D eigenvalue weighted by Gasteiger charge is 2.21. The van der Waals surface area contributed by atoms with Gasteiger partial charge in [-0.3, -0.25) is 10.00 Å². The molecule has 0 saturated carbocycles. The van der Waals surface area contributed by atoms with Crippen LogP contribution in [0.4, 0.5) is 0 Å². The van der Waals surface area contributed by atoms with Crippen molar-refractivity contribution in [3.63, 3.8) is 0 Å². The van der Waals surface area contributed by atoms with Gasteiger partial charge in [-0.1, -0.05) is 0 Å². The molecule has 126 valence electrons. The van der Waals surface area contributed by atoms with Crippen LogP contribution in [0.15, 0.2) is 22.7 Å². The molecular formula is C17H26N4O2. The van der Waals surface area contributed by atoms with E-state index in [1.54, 1.807) is 0 Å². The third kappa shape index (κ3) is 4.22. The van der Waals surface area contributed by atoms with Crippen molar-refractivity contribution >= 4 is 0 Å². The lowest BCUT2D eigenvalue weighted by Crippen LogP contribution is -2.47. The van der Waals surface area contributed by atoms with E-state index in [0.717, 1.165) is 55.5 Å². The van der Waals surface area contributed by atoms with Gasteiger partial charge >= 0.3 is 0 Å². The molecule has 0 aliphatic carbocycles. The van der Waals surface area contributed by atoms with Crippen LogP contribution in [0.2, 0.25) is 0 Å². The Bertz CT molecular complexity index is 612. The lowest BCUT2D eigenvalue weighted by molar-refractivity contribution is -0.0674. The van der Waals surface area contributed by atoms with Gasteiger partial charge in [-0.25, -0.2) is 0 Å². The summed E-state index contributed by atoms with van der Waals surface area (Å²) in [5, 5.41) is 10.7. The zero-order valence-electron chi connectivity index (χ0n) is 14.1. The van der Waals surface area contributed by atoms with E-state index in [-0.39, 0.29) is 0 Å². The molecule has 1 aliphatic rings. The third-order valence-corrected chi connectivity index (χ3v) is 4.12. The molecule has 23 heavy (non-hydrogen) atoms. The Morgan fingerprint density at radius 3 is 2.78 bits per heavy atom. The number of hydrogen-bond donors (Lipinski definition) is 2. The normalized spacial score (nSPS) is 22.6. The molecule has 2 aromatic heterocycles. The molecule has 2 N–H and O–H groups in total. The molecular weight excluding hydrogens is 292 g/mol. The van der Waals surface area contributed by atoms with Crippen LogP contribution < -0.4 is 5.32 Å². The predicted molar refractivity (Wildman–Crippen MR) is 89.2 cm³/mol. The van der Waals surface area contributed by atoms with Crippen LogP contribution in [-0.4, -0.2) is 53.5 Å². The first-order chi connectivity index (χ1) is 11.1. The minimum Gasteiger partial charge on any atom is -0.460 e. The van der Waals surface area contributed by atoms with E-state index in [4.69, 9.17) is 9.15 Å². The Labute approximate surface area is 137 Å². The minimum atomic E-state index is 0.321. The van der Waals surface area contributed by atoms with Crippen molar-refractivity contribution in [2.45, 2.75) is 39.5 Å². The summed E-state index contributed by atoms with van der Waals surface area (Å²) >= 11 is 0. The number of aryl methyl sites for hydroxylation is 1. The van der Waals surface area contributed by atoms with Crippen LogP contribution >= 0.6 is 0 Å². The first-order valence-electron chi connectivity index (χ1n) is 8.29. The van der Waals surface area contributed by atoms with Crippen LogP contribution in [0.5, 0.6) is 0 Å². The number of rotatable bonds is 6. The van der Waals surface area contributed by atoms with E-state index in [1.165, 1.54) is 0 Å². The van der Waals surface area contributed by atoms with Crippen molar-refractivity contribution in [3.8, 4) is 11.5 Å². The number of morpholine rings is 1. The van der Waals surface area contributed by atoms with E-state index in [1.807, 2.05) is 25.3 Å². The van der Waals surface area contributed by atoms with Gasteiger partial charge in [0.25, 0.3) is 0 Å². The lowest BCUT2D eigenvalue weighted by atomic mass is 10.2. The second-order valence-corrected chi connectivity index (χ2v) is 6.37. The first kappa shape index (κ1) is 16.2. The monoisotopic (exact) mass is 318 g/mol. The van der Waals surface area contributed by atoms with Crippen molar-refractivity contribution in [1.29, 1.82) is 0 Å². The van der Waals surface area contributed by atoms with Crippen molar-refractivity contribution in [2.24, 2.45) is 0 Å². The second kappa shape index (κ2) is 7.29. The number of aromatic nitrogens is 2. The summed E-state index contributed by atoms with van der Waals surface area (Å²) in [6.07, 6.45) is 2.50. The van der Waals surface area contributed by atoms with Gasteiger partial charge in [-0.15, -0.1) is 0 Å². The summed E-state index contributed by atoms with van der Waals surface area (Å²) in [5.74, 6) is 1.75. The summed E-state index contributed by atoms with van der Waals surface area (Å²) < 4.78 is 11.4. The average molecular weight is 318 g/mol. The standard InChI is InChI=1S/C17H26N4O2/c1-12-4-5-16(23-12)17-15(9-19-20-17)8-18-6-7-21-10-13(2)22-14(3)11-21/h4-5,9,13-14,18H,6-8,10-11H2,1-3H3,(H,19,20)/t13-,14-/m1/s1. The molecule has 2 aromatic rings. The molecule has 0 aromatic carbocycles. The van der Waals surface area contributed by atoms with E-state index in [0.29, 0.717) is 12.2 Å². The number of nitrogens with zero attached hydrogens (tertiary/aromatic N) is 2. The van der Waals surface area contributed by atoms with E-state index < -0.39 is 0 Å². The number of H-pyrrole nitrogens is 1. The van der Waals surface area contributed by atoms with E-state index >= 15 is 0 Å². The van der Waals surface area contributed by atoms with Crippen LogP contribution in [-0.2, 0) is 11.3 Å². The molecule has 3 rings (SSSR count). The Hall–Kier alpha value is -1.63. The lowest BCUT2D eigenvalue weighted by Gasteiger charge is -2.35. The highest BCUT2D eigenvalue weighted by atomic mass is 16.5. The summed E-state index contributed by atoms with van der Waals surface area (Å²) in [5.41, 5.74) is 2.09. The van der Waals surface area contributed by atoms with Gasteiger partial charge in [0.1, 0.15) is 11.5 Å². The summed E-state index contributed by atoms with van der Waals surface area (Å²) in [6.45, 7) is 11.0. The number of nitrogens with one attached hydrogen (secondary N) is 2. The highest BCUT2D eigenvalue weighted by molar-refractivity contribution is 5.56. The number of aromatic amines is 1. The maximum absolute atomic E-state index is 5.76. The fourth-order valence-electron chi connectivity index (χ4n) is 3.15. The fraction of sp³-hybridized carbons (Fsp3) is 0.588. The molecule has 6 heteroatoms. The van der Waals surface area contributed by atoms with Crippen molar-refractivity contribution < 1.29 is 9.15 Å². The van der Waals surface area contributed by atoms with E-state index in [9.17, 15) is 0 Å². The predicted octanol–water partition coefficient (Wildman–Crippen LogP) is 2.18. The van der Waals surface area contributed by atoms with Crippen molar-refractivity contribution in [2.75, 3.05) is 26.2 Å². The molecule has 0 bridgehead atoms. The molecule has 0 spiro atoms. The Morgan fingerprint density at radius 1 is 1.30 bits per heavy atom. The van der Waals surface area contributed by atoms with Gasteiger partial charge in [0, 0.05) is 38.3 Å². The maximum atomic E-state index is 5.76. The quantitative estimate of drug-likeness (QED) is 0.799. The molecule has 0 unspecified atom stereocenters. The molecule has 0 radical (unpaired) electrons. The third-order valence-electron chi connectivity index (χ3n) is 4.12. The number of hydrogen-bond acceptors (Lipinski definition) is 5. The summed E-state index contributed by atoms with van der Waals surface area (Å²) in [6, 6.07) is 3.94. The second-order valence-electron chi connectivity index (χ2n) is 6.37. The molecule has 2 atom stereocenters. The van der Waals surface area contributed by atoms with E-state index in [2.05, 4.69) is 34.3 Å². The van der Waals surface area contributed by atoms with Gasteiger partial charge in [0.05, 0.1) is 18.4 Å². The SMILES string of the molecule is Cc1ccc(-c2[nH]ncc2CNCCN2C[C@@H](C)O[C@H](C)C2)o1. The Kier molecular flexibility index (Phi) is 5.15. The fourth-order valence-corrected chi connectivity index (χ4v) is 3.15. The van der Waals surface area contributed by atoms with Crippen LogP contribution in [0, 0.1) is 6.92 Å². The number of furan rings is 1. The topological polar surface area (TPSA) is 66.3 Å². The van der Waals surface area contributed by atoms with Gasteiger partial charge in [-0.05, 0) is 32.9 Å². The van der Waals surface area contributed by atoms with Crippen molar-refractivity contribution in [3.05, 3.63) is 29.7 Å². The van der Waals surface area contributed by atoms with Gasteiger partial charge < -0.3 is 14.5 Å². The Balaban J connectivity index is 1.47. The first-order valence-corrected chi connectivity index (χ1v) is 8.29. The van der Waals surface area contributed by atoms with Gasteiger partial charge in [-0.2, -0.15) is 5.10 Å². The molecule has 1 aliphatic heterocycles. The zero-order valence-corrected chi connectivity index (χ0v) is 14.1. The molecule has 0 amide bonds. The molecule has 3 heterocycles. The summed E-state index contributed by atoms with van der Waals surface area (Å²) in [4.78, 5) is 2.46. The van der Waals surface area contributed by atoms with Crippen LogP contribution in [0.3, 0.4) is 0 Å². The summed E-state index contributed by atoms with van der Waals surface area (Å²) in [7, 11) is 0. The Morgan fingerprint density at radius 2 is 2.09 bits per heavy atom.